The van der Waals surface area contributed by atoms with Gasteiger partial charge in [0.25, 0.3) is 0 Å². The molecule has 0 fully saturated rings. The van der Waals surface area contributed by atoms with Gasteiger partial charge in [-0.2, -0.15) is 0 Å². The summed E-state index contributed by atoms with van der Waals surface area (Å²) in [6, 6.07) is 36.8. The fourth-order valence-corrected chi connectivity index (χ4v) is 4.38. The number of benzene rings is 4. The minimum Gasteiger partial charge on any atom is -0.461 e. The number of esters is 3. The third kappa shape index (κ3) is 10.3. The largest absolute Gasteiger partial charge is 0.461 e. The first-order chi connectivity index (χ1) is 20.6. The molecule has 0 amide bonds. The zero-order valence-corrected chi connectivity index (χ0v) is 23.5. The van der Waals surface area contributed by atoms with Crippen LogP contribution in [0.3, 0.4) is 0 Å². The van der Waals surface area contributed by atoms with Gasteiger partial charge in [-0.15, -0.1) is 0 Å². The zero-order valence-electron chi connectivity index (χ0n) is 23.5. The lowest BCUT2D eigenvalue weighted by Crippen LogP contribution is -2.45. The molecule has 4 aromatic rings. The third-order valence-electron chi connectivity index (χ3n) is 6.60. The number of hydrogen-bond acceptors (Lipinski definition) is 7. The van der Waals surface area contributed by atoms with E-state index in [9.17, 15) is 14.4 Å². The minimum absolute atomic E-state index is 0.0255. The lowest BCUT2D eigenvalue weighted by Gasteiger charge is -2.29. The van der Waals surface area contributed by atoms with E-state index in [2.05, 4.69) is 0 Å². The van der Waals surface area contributed by atoms with Crippen molar-refractivity contribution in [2.45, 2.75) is 45.2 Å². The van der Waals surface area contributed by atoms with Gasteiger partial charge < -0.3 is 14.2 Å². The zero-order chi connectivity index (χ0) is 29.4. The first-order valence-corrected chi connectivity index (χ1v) is 13.9. The standard InChI is InChI=1S/C35H35NO6/c37-33(40-25-29-15-7-2-8-16-29)22-21-32(35(39)42-27-31-19-11-4-12-20-31)36(23-28-13-5-1-6-14-28)24-34(38)41-26-30-17-9-3-10-18-30/h1-20,32H,21-27H2/t32-/m1/s1. The Morgan fingerprint density at radius 2 is 0.929 bits per heavy atom. The monoisotopic (exact) mass is 565 g/mol. The molecule has 4 aromatic carbocycles. The van der Waals surface area contributed by atoms with Gasteiger partial charge >= 0.3 is 17.9 Å². The van der Waals surface area contributed by atoms with E-state index in [1.165, 1.54) is 0 Å². The molecule has 216 valence electrons. The fraction of sp³-hybridized carbons (Fsp3) is 0.229. The second-order valence-electron chi connectivity index (χ2n) is 9.83. The lowest BCUT2D eigenvalue weighted by molar-refractivity contribution is -0.156. The van der Waals surface area contributed by atoms with Gasteiger partial charge in [0.05, 0.1) is 6.54 Å². The topological polar surface area (TPSA) is 82.1 Å². The van der Waals surface area contributed by atoms with Crippen molar-refractivity contribution in [1.82, 2.24) is 4.90 Å². The molecule has 0 unspecified atom stereocenters. The summed E-state index contributed by atoms with van der Waals surface area (Å²) in [5, 5.41) is 0. The number of hydrogen-bond donors (Lipinski definition) is 0. The molecule has 7 heteroatoms. The molecule has 0 spiro atoms. The molecule has 0 bridgehead atoms. The number of carbonyl (C=O) groups is 3. The number of rotatable bonds is 15. The van der Waals surface area contributed by atoms with E-state index in [1.54, 1.807) is 4.90 Å². The van der Waals surface area contributed by atoms with Crippen molar-refractivity contribution >= 4 is 17.9 Å². The first kappa shape index (κ1) is 30.2. The second-order valence-corrected chi connectivity index (χ2v) is 9.83. The van der Waals surface area contributed by atoms with Crippen LogP contribution in [0.5, 0.6) is 0 Å². The van der Waals surface area contributed by atoms with Crippen LogP contribution < -0.4 is 0 Å². The van der Waals surface area contributed by atoms with Crippen molar-refractivity contribution in [2.75, 3.05) is 6.54 Å². The van der Waals surface area contributed by atoms with Crippen molar-refractivity contribution < 1.29 is 28.6 Å². The number of nitrogens with zero attached hydrogens (tertiary/aromatic N) is 1. The molecule has 0 aliphatic rings. The summed E-state index contributed by atoms with van der Waals surface area (Å²) in [6.45, 7) is 0.458. The van der Waals surface area contributed by atoms with E-state index in [1.807, 2.05) is 121 Å². The predicted molar refractivity (Wildman–Crippen MR) is 159 cm³/mol. The summed E-state index contributed by atoms with van der Waals surface area (Å²) >= 11 is 0. The highest BCUT2D eigenvalue weighted by Crippen LogP contribution is 2.17. The molecular weight excluding hydrogens is 530 g/mol. The summed E-state index contributed by atoms with van der Waals surface area (Å²) in [4.78, 5) is 41.0. The number of ether oxygens (including phenoxy) is 3. The Kier molecular flexibility index (Phi) is 11.9. The second kappa shape index (κ2) is 16.5. The third-order valence-corrected chi connectivity index (χ3v) is 6.60. The van der Waals surface area contributed by atoms with Crippen LogP contribution in [0.4, 0.5) is 0 Å². The SMILES string of the molecule is O=C(CC[C@H](C(=O)OCc1ccccc1)N(CC(=O)OCc1ccccc1)Cc1ccccc1)OCc1ccccc1. The van der Waals surface area contributed by atoms with Gasteiger partial charge in [-0.1, -0.05) is 121 Å². The van der Waals surface area contributed by atoms with Gasteiger partial charge in [-0.25, -0.2) is 0 Å². The van der Waals surface area contributed by atoms with Crippen molar-refractivity contribution in [3.63, 3.8) is 0 Å². The van der Waals surface area contributed by atoms with Crippen molar-refractivity contribution in [3.05, 3.63) is 144 Å². The summed E-state index contributed by atoms with van der Waals surface area (Å²) < 4.78 is 16.7. The first-order valence-electron chi connectivity index (χ1n) is 13.9. The van der Waals surface area contributed by atoms with Crippen molar-refractivity contribution in [2.24, 2.45) is 0 Å². The van der Waals surface area contributed by atoms with Gasteiger partial charge in [-0.3, -0.25) is 19.3 Å². The van der Waals surface area contributed by atoms with E-state index >= 15 is 0 Å². The molecule has 7 nitrogen and oxygen atoms in total. The molecule has 0 aliphatic heterocycles. The van der Waals surface area contributed by atoms with Gasteiger partial charge in [-0.05, 0) is 28.7 Å². The van der Waals surface area contributed by atoms with Gasteiger partial charge in [0.15, 0.2) is 0 Å². The summed E-state index contributed by atoms with van der Waals surface area (Å²) in [6.07, 6.45) is 0.0856. The maximum atomic E-state index is 13.5. The van der Waals surface area contributed by atoms with E-state index in [-0.39, 0.29) is 45.8 Å². The van der Waals surface area contributed by atoms with Gasteiger partial charge in [0.1, 0.15) is 25.9 Å². The Labute approximate surface area is 246 Å². The van der Waals surface area contributed by atoms with Crippen molar-refractivity contribution in [3.8, 4) is 0 Å². The van der Waals surface area contributed by atoms with E-state index < -0.39 is 23.9 Å². The summed E-state index contributed by atoms with van der Waals surface area (Å²) in [5.74, 6) is -1.45. The van der Waals surface area contributed by atoms with Crippen LogP contribution in [0.2, 0.25) is 0 Å². The van der Waals surface area contributed by atoms with Crippen LogP contribution in [0, 0.1) is 0 Å². The predicted octanol–water partition coefficient (Wildman–Crippen LogP) is 5.87. The average molecular weight is 566 g/mol. The lowest BCUT2D eigenvalue weighted by atomic mass is 10.1. The maximum Gasteiger partial charge on any atom is 0.323 e. The molecule has 0 aromatic heterocycles. The molecule has 0 saturated heterocycles. The Morgan fingerprint density at radius 1 is 0.524 bits per heavy atom. The quantitative estimate of drug-likeness (QED) is 0.132. The highest BCUT2D eigenvalue weighted by Gasteiger charge is 2.30. The van der Waals surface area contributed by atoms with Gasteiger partial charge in [0, 0.05) is 13.0 Å². The molecule has 0 aliphatic carbocycles. The molecular formula is C35H35NO6. The van der Waals surface area contributed by atoms with E-state index in [0.29, 0.717) is 0 Å². The van der Waals surface area contributed by atoms with Crippen LogP contribution in [0.25, 0.3) is 0 Å². The molecule has 0 heterocycles. The minimum atomic E-state index is -0.887. The Hall–Kier alpha value is -4.75. The fourth-order valence-electron chi connectivity index (χ4n) is 4.38. The smallest absolute Gasteiger partial charge is 0.323 e. The molecule has 4 rings (SSSR count). The highest BCUT2D eigenvalue weighted by molar-refractivity contribution is 5.79. The number of carbonyl (C=O) groups excluding carboxylic acids is 3. The maximum absolute atomic E-state index is 13.5. The van der Waals surface area contributed by atoms with Gasteiger partial charge in [0.2, 0.25) is 0 Å². The van der Waals surface area contributed by atoms with E-state index in [0.717, 1.165) is 22.3 Å². The Bertz CT molecular complexity index is 1380. The van der Waals surface area contributed by atoms with Crippen LogP contribution in [-0.4, -0.2) is 35.4 Å². The molecule has 0 radical (unpaired) electrons. The van der Waals surface area contributed by atoms with Crippen LogP contribution in [-0.2, 0) is 55.0 Å². The van der Waals surface area contributed by atoms with Crippen LogP contribution in [0.15, 0.2) is 121 Å². The molecule has 0 saturated carbocycles. The highest BCUT2D eigenvalue weighted by atomic mass is 16.5. The Balaban J connectivity index is 1.47. The molecule has 42 heavy (non-hydrogen) atoms. The average Bonchev–Trinajstić information content (AvgIpc) is 3.04. The summed E-state index contributed by atoms with van der Waals surface area (Å²) in [5.41, 5.74) is 3.47. The summed E-state index contributed by atoms with van der Waals surface area (Å²) in [7, 11) is 0. The molecule has 0 N–H and O–H groups in total. The van der Waals surface area contributed by atoms with Crippen LogP contribution >= 0.6 is 0 Å². The normalized spacial score (nSPS) is 11.5. The van der Waals surface area contributed by atoms with Crippen LogP contribution in [0.1, 0.15) is 35.1 Å². The van der Waals surface area contributed by atoms with E-state index in [4.69, 9.17) is 14.2 Å². The van der Waals surface area contributed by atoms with Crippen molar-refractivity contribution in [1.29, 1.82) is 0 Å². The Morgan fingerprint density at radius 3 is 1.40 bits per heavy atom. The molecule has 1 atom stereocenters.